The highest BCUT2D eigenvalue weighted by atomic mass is 79.9. The molecule has 1 aliphatic heterocycles. The van der Waals surface area contributed by atoms with E-state index in [2.05, 4.69) is 21.2 Å². The Hall–Kier alpha value is -1.03. The lowest BCUT2D eigenvalue weighted by Crippen LogP contribution is -2.43. The maximum Gasteiger partial charge on any atom is 0.228 e. The van der Waals surface area contributed by atoms with Crippen LogP contribution in [0.15, 0.2) is 24.3 Å². The van der Waals surface area contributed by atoms with E-state index in [4.69, 9.17) is 4.74 Å². The van der Waals surface area contributed by atoms with Crippen LogP contribution in [0.1, 0.15) is 50.0 Å². The number of fused-ring (bicyclic) bond motifs is 1. The highest BCUT2D eigenvalue weighted by Crippen LogP contribution is 2.34. The fourth-order valence-corrected chi connectivity index (χ4v) is 4.04. The number of carbonyl (C=O) groups is 1. The Labute approximate surface area is 134 Å². The van der Waals surface area contributed by atoms with Gasteiger partial charge in [0.1, 0.15) is 5.75 Å². The summed E-state index contributed by atoms with van der Waals surface area (Å²) in [5.41, 5.74) is 1.03. The maximum absolute atomic E-state index is 12.7. The maximum atomic E-state index is 12.7. The first kappa shape index (κ1) is 14.9. The summed E-state index contributed by atoms with van der Waals surface area (Å²) in [5.74, 6) is 0.945. The Bertz CT molecular complexity index is 505. The average Bonchev–Trinajstić information content (AvgIpc) is 2.71. The lowest BCUT2D eigenvalue weighted by molar-refractivity contribution is -0.124. The lowest BCUT2D eigenvalue weighted by atomic mass is 9.92. The molecule has 1 heterocycles. The molecule has 1 N–H and O–H groups in total. The minimum Gasteiger partial charge on any atom is -0.493 e. The number of rotatable bonds is 2. The van der Waals surface area contributed by atoms with Crippen LogP contribution in [0.5, 0.6) is 5.75 Å². The van der Waals surface area contributed by atoms with Gasteiger partial charge in [-0.25, -0.2) is 0 Å². The summed E-state index contributed by atoms with van der Waals surface area (Å²) in [5, 5.41) is 3.28. The third kappa shape index (κ3) is 3.42. The molecule has 4 heteroatoms. The third-order valence-electron chi connectivity index (χ3n) is 4.53. The molecule has 0 bridgehead atoms. The quantitative estimate of drug-likeness (QED) is 0.650. The summed E-state index contributed by atoms with van der Waals surface area (Å²) >= 11 is 3.75. The Morgan fingerprint density at radius 3 is 2.86 bits per heavy atom. The van der Waals surface area contributed by atoms with Gasteiger partial charge in [-0.1, -0.05) is 53.4 Å². The van der Waals surface area contributed by atoms with Crippen molar-refractivity contribution in [2.24, 2.45) is 0 Å². The van der Waals surface area contributed by atoms with Crippen LogP contribution in [0.2, 0.25) is 0 Å². The number of ether oxygens (including phenoxy) is 1. The molecule has 0 spiro atoms. The van der Waals surface area contributed by atoms with Crippen LogP contribution in [-0.2, 0) is 4.79 Å². The van der Waals surface area contributed by atoms with Gasteiger partial charge >= 0.3 is 0 Å². The normalized spacial score (nSPS) is 28.9. The van der Waals surface area contributed by atoms with E-state index in [0.29, 0.717) is 11.4 Å². The Morgan fingerprint density at radius 1 is 1.14 bits per heavy atom. The number of alkyl halides is 1. The molecular weight excluding hydrogens is 330 g/mol. The van der Waals surface area contributed by atoms with Gasteiger partial charge in [0.25, 0.3) is 0 Å². The molecule has 0 radical (unpaired) electrons. The van der Waals surface area contributed by atoms with E-state index in [-0.39, 0.29) is 17.9 Å². The minimum atomic E-state index is -0.0714. The Morgan fingerprint density at radius 2 is 1.95 bits per heavy atom. The zero-order chi connectivity index (χ0) is 14.7. The number of hydrogen-bond donors (Lipinski definition) is 1. The molecule has 3 unspecified atom stereocenters. The molecule has 1 saturated carbocycles. The summed E-state index contributed by atoms with van der Waals surface area (Å²) in [4.78, 5) is 13.1. The topological polar surface area (TPSA) is 38.3 Å². The molecule has 1 aromatic rings. The molecule has 1 fully saturated rings. The predicted octanol–water partition coefficient (Wildman–Crippen LogP) is 3.77. The van der Waals surface area contributed by atoms with E-state index in [0.717, 1.165) is 30.6 Å². The molecule has 0 aromatic heterocycles. The van der Waals surface area contributed by atoms with Crippen LogP contribution in [0, 0.1) is 0 Å². The molecule has 3 nitrogen and oxygen atoms in total. The van der Waals surface area contributed by atoms with Gasteiger partial charge in [0.15, 0.2) is 0 Å². The fourth-order valence-electron chi connectivity index (χ4n) is 3.32. The van der Waals surface area contributed by atoms with E-state index in [9.17, 15) is 4.79 Å². The van der Waals surface area contributed by atoms with Crippen LogP contribution in [0.3, 0.4) is 0 Å². The molecule has 1 aliphatic carbocycles. The minimum absolute atomic E-state index is 0.0714. The summed E-state index contributed by atoms with van der Waals surface area (Å²) < 4.78 is 5.65. The van der Waals surface area contributed by atoms with Crippen molar-refractivity contribution >= 4 is 21.8 Å². The highest BCUT2D eigenvalue weighted by Gasteiger charge is 2.30. The van der Waals surface area contributed by atoms with E-state index in [1.165, 1.54) is 19.3 Å². The molecule has 3 rings (SSSR count). The van der Waals surface area contributed by atoms with Crippen molar-refractivity contribution in [1.82, 2.24) is 5.32 Å². The van der Waals surface area contributed by atoms with Crippen LogP contribution in [0.25, 0.3) is 0 Å². The molecule has 1 aromatic carbocycles. The number of benzene rings is 1. The number of nitrogens with one attached hydrogen (secondary N) is 1. The smallest absolute Gasteiger partial charge is 0.228 e. The standard InChI is InChI=1S/C17H22BrNO2/c18-14-7-2-1-3-8-15(14)19-17(20)13-10-11-21-16-9-5-4-6-12(13)16/h4-6,9,13-15H,1-3,7-8,10-11H2,(H,19,20). The zero-order valence-corrected chi connectivity index (χ0v) is 13.8. The van der Waals surface area contributed by atoms with Crippen molar-refractivity contribution in [2.75, 3.05) is 6.61 Å². The molecule has 2 aliphatic rings. The van der Waals surface area contributed by atoms with Crippen LogP contribution >= 0.6 is 15.9 Å². The molecular formula is C17H22BrNO2. The van der Waals surface area contributed by atoms with Crippen molar-refractivity contribution in [3.8, 4) is 5.75 Å². The van der Waals surface area contributed by atoms with Crippen molar-refractivity contribution in [2.45, 2.75) is 55.3 Å². The summed E-state index contributed by atoms with van der Waals surface area (Å²) in [6.07, 6.45) is 6.72. The van der Waals surface area contributed by atoms with E-state index in [1.807, 2.05) is 24.3 Å². The van der Waals surface area contributed by atoms with Gasteiger partial charge < -0.3 is 10.1 Å². The largest absolute Gasteiger partial charge is 0.493 e. The Balaban J connectivity index is 1.71. The zero-order valence-electron chi connectivity index (χ0n) is 12.2. The van der Waals surface area contributed by atoms with Crippen molar-refractivity contribution < 1.29 is 9.53 Å². The number of halogens is 1. The number of amides is 1. The van der Waals surface area contributed by atoms with Gasteiger partial charge in [-0.05, 0) is 25.3 Å². The van der Waals surface area contributed by atoms with Crippen molar-refractivity contribution in [1.29, 1.82) is 0 Å². The van der Waals surface area contributed by atoms with Crippen molar-refractivity contribution in [3.63, 3.8) is 0 Å². The second kappa shape index (κ2) is 6.82. The average molecular weight is 352 g/mol. The van der Waals surface area contributed by atoms with Gasteiger partial charge in [-0.2, -0.15) is 0 Å². The number of hydrogen-bond acceptors (Lipinski definition) is 2. The van der Waals surface area contributed by atoms with E-state index < -0.39 is 0 Å². The monoisotopic (exact) mass is 351 g/mol. The third-order valence-corrected chi connectivity index (χ3v) is 5.63. The van der Waals surface area contributed by atoms with Gasteiger partial charge in [0.2, 0.25) is 5.91 Å². The summed E-state index contributed by atoms with van der Waals surface area (Å²) in [6, 6.07) is 8.16. The first-order valence-electron chi connectivity index (χ1n) is 7.92. The molecule has 1 amide bonds. The van der Waals surface area contributed by atoms with Gasteiger partial charge in [0, 0.05) is 16.4 Å². The number of carbonyl (C=O) groups excluding carboxylic acids is 1. The number of para-hydroxylation sites is 1. The van der Waals surface area contributed by atoms with Crippen LogP contribution < -0.4 is 10.1 Å². The van der Waals surface area contributed by atoms with E-state index in [1.54, 1.807) is 0 Å². The molecule has 21 heavy (non-hydrogen) atoms. The second-order valence-corrected chi connectivity index (χ2v) is 7.17. The summed E-state index contributed by atoms with van der Waals surface area (Å²) in [6.45, 7) is 0.623. The molecule has 114 valence electrons. The molecule has 0 saturated heterocycles. The predicted molar refractivity (Wildman–Crippen MR) is 87.0 cm³/mol. The summed E-state index contributed by atoms with van der Waals surface area (Å²) in [7, 11) is 0. The lowest BCUT2D eigenvalue weighted by Gasteiger charge is -2.28. The first-order valence-corrected chi connectivity index (χ1v) is 8.83. The fraction of sp³-hybridized carbons (Fsp3) is 0.588. The second-order valence-electron chi connectivity index (χ2n) is 6.00. The first-order chi connectivity index (χ1) is 10.3. The van der Waals surface area contributed by atoms with Gasteiger partial charge in [-0.15, -0.1) is 0 Å². The molecule has 3 atom stereocenters. The highest BCUT2D eigenvalue weighted by molar-refractivity contribution is 9.09. The van der Waals surface area contributed by atoms with Gasteiger partial charge in [0.05, 0.1) is 12.5 Å². The van der Waals surface area contributed by atoms with Crippen LogP contribution in [0.4, 0.5) is 0 Å². The Kier molecular flexibility index (Phi) is 4.84. The van der Waals surface area contributed by atoms with E-state index >= 15 is 0 Å². The van der Waals surface area contributed by atoms with Crippen LogP contribution in [-0.4, -0.2) is 23.4 Å². The SMILES string of the molecule is O=C(NC1CCCCCC1Br)C1CCOc2ccccc21. The van der Waals surface area contributed by atoms with Gasteiger partial charge in [-0.3, -0.25) is 4.79 Å². The van der Waals surface area contributed by atoms with Crippen molar-refractivity contribution in [3.05, 3.63) is 29.8 Å².